The topological polar surface area (TPSA) is 35.1 Å². The molecule has 0 aliphatic carbocycles. The molecule has 0 bridgehead atoms. The molecule has 1 N–H and O–H groups in total. The molecule has 2 rings (SSSR count). The average Bonchev–Trinajstić information content (AvgIpc) is 2.54. The Morgan fingerprint density at radius 3 is 2.69 bits per heavy atom. The van der Waals surface area contributed by atoms with Crippen LogP contribution in [0.4, 0.5) is 0 Å². The molecule has 1 aromatic rings. The van der Waals surface area contributed by atoms with Gasteiger partial charge in [-0.25, -0.2) is 0 Å². The Morgan fingerprint density at radius 2 is 2.08 bits per heavy atom. The molecule has 0 saturated heterocycles. The van der Waals surface area contributed by atoms with Crippen molar-refractivity contribution in [3.63, 3.8) is 0 Å². The summed E-state index contributed by atoms with van der Waals surface area (Å²) in [6.07, 6.45) is 2.59. The molecule has 0 fully saturated rings. The Hall–Kier alpha value is -0.930. The van der Waals surface area contributed by atoms with E-state index in [9.17, 15) is 4.55 Å². The maximum atomic E-state index is 11.3. The van der Waals surface area contributed by atoms with Crippen molar-refractivity contribution in [2.45, 2.75) is 11.8 Å². The largest absolute Gasteiger partial charge is 0.610 e. The summed E-state index contributed by atoms with van der Waals surface area (Å²) in [5.74, 6) is 0. The first-order chi connectivity index (χ1) is 6.36. The second-order valence-electron chi connectivity index (χ2n) is 2.98. The van der Waals surface area contributed by atoms with Gasteiger partial charge in [0.2, 0.25) is 0 Å². The predicted molar refractivity (Wildman–Crippen MR) is 54.4 cm³/mol. The van der Waals surface area contributed by atoms with Crippen LogP contribution < -0.4 is 5.32 Å². The summed E-state index contributed by atoms with van der Waals surface area (Å²) in [5, 5.41) is 4.83. The van der Waals surface area contributed by atoms with Gasteiger partial charge in [0.1, 0.15) is 5.41 Å². The second-order valence-corrected chi connectivity index (χ2v) is 4.47. The van der Waals surface area contributed by atoms with Gasteiger partial charge in [-0.2, -0.15) is 0 Å². The first-order valence-electron chi connectivity index (χ1n) is 4.22. The summed E-state index contributed by atoms with van der Waals surface area (Å²) in [4.78, 5) is 0. The molecule has 1 aliphatic rings. The van der Waals surface area contributed by atoms with E-state index < -0.39 is 11.2 Å². The zero-order valence-electron chi connectivity index (χ0n) is 7.14. The monoisotopic (exact) mass is 193 g/mol. The van der Waals surface area contributed by atoms with Crippen LogP contribution in [0.15, 0.2) is 41.9 Å². The van der Waals surface area contributed by atoms with Gasteiger partial charge in [-0.1, -0.05) is 30.3 Å². The minimum absolute atomic E-state index is 0.0578. The molecule has 0 radical (unpaired) electrons. The first kappa shape index (κ1) is 8.66. The molecular formula is C10H11NOS. The van der Waals surface area contributed by atoms with Crippen LogP contribution in [0.1, 0.15) is 5.56 Å². The molecule has 2 unspecified atom stereocenters. The van der Waals surface area contributed by atoms with E-state index in [1.807, 2.05) is 18.2 Å². The lowest BCUT2D eigenvalue weighted by molar-refractivity contribution is 0.582. The first-order valence-corrected chi connectivity index (χ1v) is 5.50. The van der Waals surface area contributed by atoms with E-state index in [4.69, 9.17) is 0 Å². The van der Waals surface area contributed by atoms with Crippen LogP contribution in [0.5, 0.6) is 0 Å². The fourth-order valence-electron chi connectivity index (χ4n) is 1.34. The van der Waals surface area contributed by atoms with Crippen molar-refractivity contribution in [3.8, 4) is 0 Å². The molecule has 3 heteroatoms. The summed E-state index contributed by atoms with van der Waals surface area (Å²) in [6, 6.07) is 10.1. The third kappa shape index (κ3) is 2.05. The molecule has 0 amide bonds. The molecule has 2 nitrogen and oxygen atoms in total. The van der Waals surface area contributed by atoms with Gasteiger partial charge in [-0.05, 0) is 5.56 Å². The molecule has 2 atom stereocenters. The highest BCUT2D eigenvalue weighted by atomic mass is 32.2. The molecule has 1 aromatic carbocycles. The van der Waals surface area contributed by atoms with E-state index in [0.29, 0.717) is 0 Å². The third-order valence-electron chi connectivity index (χ3n) is 2.03. The number of hydrogen-bond donors (Lipinski definition) is 1. The van der Waals surface area contributed by atoms with Gasteiger partial charge in [0.05, 0.1) is 0 Å². The van der Waals surface area contributed by atoms with E-state index in [1.54, 1.807) is 11.6 Å². The van der Waals surface area contributed by atoms with Crippen LogP contribution in [-0.4, -0.2) is 9.93 Å². The highest BCUT2D eigenvalue weighted by molar-refractivity contribution is 7.95. The lowest BCUT2D eigenvalue weighted by atomic mass is 10.1. The van der Waals surface area contributed by atoms with Crippen LogP contribution >= 0.6 is 0 Å². The van der Waals surface area contributed by atoms with Crippen LogP contribution in [0.25, 0.3) is 0 Å². The van der Waals surface area contributed by atoms with Gasteiger partial charge >= 0.3 is 0 Å². The molecule has 0 saturated carbocycles. The molecule has 68 valence electrons. The van der Waals surface area contributed by atoms with E-state index in [0.717, 1.165) is 6.42 Å². The normalized spacial score (nSPS) is 25.9. The Balaban J connectivity index is 1.99. The van der Waals surface area contributed by atoms with E-state index in [-0.39, 0.29) is 5.37 Å². The summed E-state index contributed by atoms with van der Waals surface area (Å²) < 4.78 is 11.3. The summed E-state index contributed by atoms with van der Waals surface area (Å²) in [5.41, 5.74) is 1.22. The minimum Gasteiger partial charge on any atom is -0.610 e. The lowest BCUT2D eigenvalue weighted by Crippen LogP contribution is -2.29. The molecule has 0 spiro atoms. The second kappa shape index (κ2) is 3.85. The molecule has 0 aromatic heterocycles. The van der Waals surface area contributed by atoms with E-state index >= 15 is 0 Å². The zero-order chi connectivity index (χ0) is 9.10. The highest BCUT2D eigenvalue weighted by Gasteiger charge is 2.23. The Bertz CT molecular complexity index is 299. The quantitative estimate of drug-likeness (QED) is 0.720. The summed E-state index contributed by atoms with van der Waals surface area (Å²) in [6.45, 7) is 0. The van der Waals surface area contributed by atoms with Crippen molar-refractivity contribution in [2.24, 2.45) is 0 Å². The smallest absolute Gasteiger partial charge is 0.194 e. The van der Waals surface area contributed by atoms with Crippen molar-refractivity contribution in [1.29, 1.82) is 0 Å². The maximum Gasteiger partial charge on any atom is 0.194 e. The fourth-order valence-corrected chi connectivity index (χ4v) is 2.32. The maximum absolute atomic E-state index is 11.3. The van der Waals surface area contributed by atoms with Gasteiger partial charge in [0.25, 0.3) is 0 Å². The van der Waals surface area contributed by atoms with Crippen LogP contribution in [0, 0.1) is 0 Å². The Morgan fingerprint density at radius 1 is 1.31 bits per heavy atom. The minimum atomic E-state index is -0.853. The van der Waals surface area contributed by atoms with Gasteiger partial charge in [-0.15, -0.1) is 0 Å². The number of hydrogen-bond acceptors (Lipinski definition) is 2. The number of rotatable bonds is 2. The number of nitrogens with one attached hydrogen (secondary N) is 1. The van der Waals surface area contributed by atoms with Crippen molar-refractivity contribution < 1.29 is 4.55 Å². The molecule has 13 heavy (non-hydrogen) atoms. The molecule has 1 heterocycles. The van der Waals surface area contributed by atoms with Crippen LogP contribution in [0.3, 0.4) is 0 Å². The van der Waals surface area contributed by atoms with Crippen LogP contribution in [0.2, 0.25) is 0 Å². The standard InChI is InChI=1S/C10H11NOS/c12-13-7-6-11-10(13)8-9-4-2-1-3-5-9/h1-7,10-11H,8H2. The molecular weight excluding hydrogens is 182 g/mol. The zero-order valence-corrected chi connectivity index (χ0v) is 7.96. The summed E-state index contributed by atoms with van der Waals surface area (Å²) >= 11 is -0.853. The number of benzene rings is 1. The van der Waals surface area contributed by atoms with Gasteiger partial charge in [0, 0.05) is 23.8 Å². The van der Waals surface area contributed by atoms with E-state index in [2.05, 4.69) is 17.4 Å². The van der Waals surface area contributed by atoms with Gasteiger partial charge in [-0.3, -0.25) is 0 Å². The van der Waals surface area contributed by atoms with Crippen LogP contribution in [-0.2, 0) is 17.6 Å². The van der Waals surface area contributed by atoms with Crippen molar-refractivity contribution in [2.75, 3.05) is 0 Å². The Labute approximate surface area is 80.8 Å². The van der Waals surface area contributed by atoms with Crippen molar-refractivity contribution in [1.82, 2.24) is 5.32 Å². The van der Waals surface area contributed by atoms with E-state index in [1.165, 1.54) is 5.56 Å². The fraction of sp³-hybridized carbons (Fsp3) is 0.200. The van der Waals surface area contributed by atoms with Crippen molar-refractivity contribution in [3.05, 3.63) is 47.5 Å². The van der Waals surface area contributed by atoms with Gasteiger partial charge in [0.15, 0.2) is 5.37 Å². The van der Waals surface area contributed by atoms with Crippen molar-refractivity contribution >= 4 is 11.2 Å². The third-order valence-corrected chi connectivity index (χ3v) is 3.30. The lowest BCUT2D eigenvalue weighted by Gasteiger charge is -2.12. The Kier molecular flexibility index (Phi) is 2.57. The van der Waals surface area contributed by atoms with Gasteiger partial charge < -0.3 is 9.87 Å². The predicted octanol–water partition coefficient (Wildman–Crippen LogP) is 1.38. The molecule has 1 aliphatic heterocycles. The summed E-state index contributed by atoms with van der Waals surface area (Å²) in [7, 11) is 0. The average molecular weight is 193 g/mol. The SMILES string of the molecule is [O-][S+]1C=CNC1Cc1ccccc1. The highest BCUT2D eigenvalue weighted by Crippen LogP contribution is 2.13.